The molecule has 2 heteroatoms. The molecule has 0 aromatic heterocycles. The first-order valence-corrected chi connectivity index (χ1v) is 5.52. The van der Waals surface area contributed by atoms with Gasteiger partial charge < -0.3 is 4.90 Å². The van der Waals surface area contributed by atoms with Crippen LogP contribution in [-0.2, 0) is 13.0 Å². The molecule has 0 fully saturated rings. The summed E-state index contributed by atoms with van der Waals surface area (Å²) in [6.07, 6.45) is 1.09. The van der Waals surface area contributed by atoms with Crippen LogP contribution >= 0.6 is 8.86 Å². The normalized spacial score (nSPS) is 10.6. The topological polar surface area (TPSA) is 3.24 Å². The fourth-order valence-corrected chi connectivity index (χ4v) is 1.75. The van der Waals surface area contributed by atoms with E-state index in [-0.39, 0.29) is 0 Å². The highest BCUT2D eigenvalue weighted by Gasteiger charge is 2.01. The molecular weight excluding hydrogens is 189 g/mol. The molecule has 0 aliphatic heterocycles. The van der Waals surface area contributed by atoms with Gasteiger partial charge in [0.2, 0.25) is 0 Å². The Balaban J connectivity index is 2.99. The average Bonchev–Trinajstić information content (AvgIpc) is 2.17. The molecule has 0 radical (unpaired) electrons. The molecule has 0 saturated carbocycles. The summed E-state index contributed by atoms with van der Waals surface area (Å²) in [5.41, 5.74) is 4.04. The van der Waals surface area contributed by atoms with Crippen LogP contribution in [0.5, 0.6) is 0 Å². The molecule has 0 amide bonds. The lowest BCUT2D eigenvalue weighted by molar-refractivity contribution is 0.402. The van der Waals surface area contributed by atoms with Crippen LogP contribution in [0.3, 0.4) is 0 Å². The van der Waals surface area contributed by atoms with Gasteiger partial charge in [-0.15, -0.1) is 8.86 Å². The van der Waals surface area contributed by atoms with E-state index in [0.717, 1.165) is 13.0 Å². The maximum atomic E-state index is 3.47. The molecule has 0 aliphatic rings. The Morgan fingerprint density at radius 3 is 2.57 bits per heavy atom. The zero-order valence-corrected chi connectivity index (χ0v) is 10.2. The highest BCUT2D eigenvalue weighted by atomic mass is 31.0. The maximum Gasteiger partial charge on any atom is 0.0233 e. The lowest BCUT2D eigenvalue weighted by atomic mass is 10.0. The Morgan fingerprint density at radius 2 is 2.07 bits per heavy atom. The molecule has 0 N–H and O–H groups in total. The SMILES string of the molecule is CCc1ccc(CN(C)C)c(C=P)c1. The van der Waals surface area contributed by atoms with Gasteiger partial charge in [0.15, 0.2) is 0 Å². The highest BCUT2D eigenvalue weighted by molar-refractivity contribution is 7.19. The maximum absolute atomic E-state index is 3.47. The van der Waals surface area contributed by atoms with E-state index in [1.165, 1.54) is 16.7 Å². The van der Waals surface area contributed by atoms with Gasteiger partial charge in [-0.1, -0.05) is 25.1 Å². The van der Waals surface area contributed by atoms with Crippen LogP contribution in [0.1, 0.15) is 23.6 Å². The van der Waals surface area contributed by atoms with Gasteiger partial charge >= 0.3 is 0 Å². The minimum absolute atomic E-state index is 0.986. The van der Waals surface area contributed by atoms with Crippen LogP contribution in [0.4, 0.5) is 0 Å². The molecule has 0 spiro atoms. The molecule has 0 atom stereocenters. The van der Waals surface area contributed by atoms with Gasteiger partial charge in [-0.25, -0.2) is 0 Å². The summed E-state index contributed by atoms with van der Waals surface area (Å²) in [6, 6.07) is 6.66. The number of aryl methyl sites for hydroxylation is 1. The third-order valence-corrected chi connectivity index (χ3v) is 2.57. The van der Waals surface area contributed by atoms with Crippen molar-refractivity contribution in [1.82, 2.24) is 4.90 Å². The third kappa shape index (κ3) is 2.94. The van der Waals surface area contributed by atoms with Gasteiger partial charge in [-0.3, -0.25) is 0 Å². The van der Waals surface area contributed by atoms with Crippen LogP contribution in [0.25, 0.3) is 0 Å². The van der Waals surface area contributed by atoms with E-state index in [1.807, 2.05) is 5.80 Å². The zero-order valence-electron chi connectivity index (χ0n) is 9.17. The minimum atomic E-state index is 0.986. The molecule has 1 rings (SSSR count). The fourth-order valence-electron chi connectivity index (χ4n) is 1.48. The smallest absolute Gasteiger partial charge is 0.0233 e. The Morgan fingerprint density at radius 1 is 1.36 bits per heavy atom. The molecule has 0 aliphatic carbocycles. The first-order chi connectivity index (χ1) is 6.67. The van der Waals surface area contributed by atoms with Crippen molar-refractivity contribution in [3.05, 3.63) is 34.9 Å². The van der Waals surface area contributed by atoms with Crippen molar-refractivity contribution in [2.45, 2.75) is 19.9 Å². The molecule has 1 aromatic carbocycles. The Hall–Kier alpha value is -0.650. The summed E-state index contributed by atoms with van der Waals surface area (Å²) in [5, 5.41) is 0. The Labute approximate surface area is 89.0 Å². The van der Waals surface area contributed by atoms with Gasteiger partial charge in [-0.2, -0.15) is 0 Å². The van der Waals surface area contributed by atoms with Gasteiger partial charge in [0.05, 0.1) is 0 Å². The van der Waals surface area contributed by atoms with Crippen molar-refractivity contribution in [2.24, 2.45) is 0 Å². The number of hydrogen-bond donors (Lipinski definition) is 0. The second-order valence-corrected chi connectivity index (χ2v) is 4.06. The molecular formula is C12H18NP. The second kappa shape index (κ2) is 5.29. The van der Waals surface area contributed by atoms with E-state index >= 15 is 0 Å². The standard InChI is InChI=1S/C12H18NP/c1-4-10-5-6-11(8-13(2)3)12(7-10)9-14/h5-7,9,14H,4,8H2,1-3H3. The van der Waals surface area contributed by atoms with Gasteiger partial charge in [0.1, 0.15) is 0 Å². The minimum Gasteiger partial charge on any atom is -0.305 e. The van der Waals surface area contributed by atoms with Crippen LogP contribution in [-0.4, -0.2) is 24.8 Å². The number of rotatable bonds is 4. The predicted molar refractivity (Wildman–Crippen MR) is 66.7 cm³/mol. The van der Waals surface area contributed by atoms with Crippen molar-refractivity contribution in [2.75, 3.05) is 14.1 Å². The first kappa shape index (κ1) is 11.4. The summed E-state index contributed by atoms with van der Waals surface area (Å²) in [7, 11) is 7.64. The fraction of sp³-hybridized carbons (Fsp3) is 0.417. The van der Waals surface area contributed by atoms with Crippen molar-refractivity contribution in [3.63, 3.8) is 0 Å². The predicted octanol–water partition coefficient (Wildman–Crippen LogP) is 2.60. The quantitative estimate of drug-likeness (QED) is 0.686. The Kier molecular flexibility index (Phi) is 4.31. The molecule has 1 aromatic rings. The van der Waals surface area contributed by atoms with E-state index in [4.69, 9.17) is 0 Å². The van der Waals surface area contributed by atoms with Gasteiger partial charge in [0.25, 0.3) is 0 Å². The molecule has 0 heterocycles. The summed E-state index contributed by atoms with van der Waals surface area (Å²) in [4.78, 5) is 2.18. The first-order valence-electron chi connectivity index (χ1n) is 4.94. The summed E-state index contributed by atoms with van der Waals surface area (Å²) >= 11 is 0. The summed E-state index contributed by atoms with van der Waals surface area (Å²) in [5.74, 6) is 2.00. The number of hydrogen-bond acceptors (Lipinski definition) is 1. The van der Waals surface area contributed by atoms with Gasteiger partial charge in [0, 0.05) is 6.54 Å². The molecule has 14 heavy (non-hydrogen) atoms. The average molecular weight is 207 g/mol. The summed E-state index contributed by atoms with van der Waals surface area (Å²) < 4.78 is 0. The largest absolute Gasteiger partial charge is 0.305 e. The van der Waals surface area contributed by atoms with Crippen LogP contribution in [0.15, 0.2) is 18.2 Å². The molecule has 1 nitrogen and oxygen atoms in total. The molecule has 76 valence electrons. The highest BCUT2D eigenvalue weighted by Crippen LogP contribution is 2.12. The monoisotopic (exact) mass is 207 g/mol. The molecule has 0 unspecified atom stereocenters. The van der Waals surface area contributed by atoms with E-state index in [9.17, 15) is 0 Å². The van der Waals surface area contributed by atoms with Crippen LogP contribution in [0.2, 0.25) is 0 Å². The number of benzene rings is 1. The third-order valence-electron chi connectivity index (χ3n) is 2.26. The summed E-state index contributed by atoms with van der Waals surface area (Å²) in [6.45, 7) is 3.17. The Bertz CT molecular complexity index is 318. The van der Waals surface area contributed by atoms with Crippen molar-refractivity contribution in [1.29, 1.82) is 0 Å². The second-order valence-electron chi connectivity index (χ2n) is 3.77. The van der Waals surface area contributed by atoms with Crippen molar-refractivity contribution in [3.8, 4) is 0 Å². The molecule has 0 bridgehead atoms. The lowest BCUT2D eigenvalue weighted by Crippen LogP contribution is -2.12. The van der Waals surface area contributed by atoms with E-state index in [1.54, 1.807) is 0 Å². The van der Waals surface area contributed by atoms with E-state index in [2.05, 4.69) is 53.0 Å². The van der Waals surface area contributed by atoms with E-state index < -0.39 is 0 Å². The lowest BCUT2D eigenvalue weighted by Gasteiger charge is -2.13. The van der Waals surface area contributed by atoms with Crippen LogP contribution in [0, 0.1) is 0 Å². The van der Waals surface area contributed by atoms with Crippen molar-refractivity contribution < 1.29 is 0 Å². The van der Waals surface area contributed by atoms with Crippen molar-refractivity contribution >= 4 is 14.7 Å². The van der Waals surface area contributed by atoms with Crippen LogP contribution < -0.4 is 0 Å². The number of nitrogens with zero attached hydrogens (tertiary/aromatic N) is 1. The zero-order chi connectivity index (χ0) is 10.6. The van der Waals surface area contributed by atoms with Gasteiger partial charge in [-0.05, 0) is 43.0 Å². The van der Waals surface area contributed by atoms with E-state index in [0.29, 0.717) is 0 Å². The molecule has 0 saturated heterocycles.